The number of aromatic nitrogens is 1. The Morgan fingerprint density at radius 3 is 2.06 bits per heavy atom. The summed E-state index contributed by atoms with van der Waals surface area (Å²) in [5.74, 6) is 0.158. The molecule has 35 heavy (non-hydrogen) atoms. The number of allylic oxidation sites excluding steroid dienone is 2. The summed E-state index contributed by atoms with van der Waals surface area (Å²) in [4.78, 5) is 13.4. The summed E-state index contributed by atoms with van der Waals surface area (Å²) < 4.78 is 2.25. The molecule has 0 radical (unpaired) electrons. The molecule has 1 aromatic heterocycles. The van der Waals surface area contributed by atoms with Crippen LogP contribution in [0.1, 0.15) is 37.8 Å². The number of carbonyl (C=O) groups is 1. The molecule has 0 spiro atoms. The standard InChI is InChI=1S/C31H28ClNO2/c1-31(2)18-27(34)29(28(35)19-31)25-17-26(22-9-5-3-6-10-22)33(20-21-13-15-24(32)16-14-21)30(25)23-11-7-4-8-12-23/h3-17,34H,18-20H2,1-2H3. The minimum Gasteiger partial charge on any atom is -0.512 e. The van der Waals surface area contributed by atoms with Gasteiger partial charge in [0, 0.05) is 35.7 Å². The van der Waals surface area contributed by atoms with Gasteiger partial charge in [-0.15, -0.1) is 0 Å². The Morgan fingerprint density at radius 1 is 0.857 bits per heavy atom. The average Bonchev–Trinajstić information content (AvgIpc) is 3.19. The molecule has 0 bridgehead atoms. The fraction of sp³-hybridized carbons (Fsp3) is 0.194. The van der Waals surface area contributed by atoms with Gasteiger partial charge in [-0.2, -0.15) is 0 Å². The van der Waals surface area contributed by atoms with Gasteiger partial charge >= 0.3 is 0 Å². The number of nitrogens with zero attached hydrogens (tertiary/aromatic N) is 1. The second kappa shape index (κ2) is 9.24. The van der Waals surface area contributed by atoms with E-state index in [1.54, 1.807) is 0 Å². The van der Waals surface area contributed by atoms with E-state index < -0.39 is 0 Å². The van der Waals surface area contributed by atoms with Gasteiger partial charge in [-0.05, 0) is 40.3 Å². The van der Waals surface area contributed by atoms with Crippen molar-refractivity contribution < 1.29 is 9.90 Å². The van der Waals surface area contributed by atoms with Crippen LogP contribution in [0.5, 0.6) is 0 Å². The van der Waals surface area contributed by atoms with Gasteiger partial charge in [0.05, 0.1) is 11.3 Å². The largest absolute Gasteiger partial charge is 0.512 e. The third-order valence-corrected chi connectivity index (χ3v) is 6.84. The molecule has 0 amide bonds. The molecule has 176 valence electrons. The second-order valence-corrected chi connectivity index (χ2v) is 10.4. The summed E-state index contributed by atoms with van der Waals surface area (Å²) in [6, 6.07) is 30.2. The van der Waals surface area contributed by atoms with Crippen molar-refractivity contribution in [3.05, 3.63) is 113 Å². The monoisotopic (exact) mass is 481 g/mol. The number of carbonyl (C=O) groups excluding carboxylic acids is 1. The number of rotatable bonds is 5. The lowest BCUT2D eigenvalue weighted by Crippen LogP contribution is -2.25. The van der Waals surface area contributed by atoms with Crippen LogP contribution in [0, 0.1) is 5.41 Å². The lowest BCUT2D eigenvalue weighted by molar-refractivity contribution is -0.116. The number of aliphatic hydroxyl groups excluding tert-OH is 1. The van der Waals surface area contributed by atoms with Crippen molar-refractivity contribution in [1.29, 1.82) is 0 Å². The Hall–Kier alpha value is -3.56. The molecule has 0 unspecified atom stereocenters. The molecule has 1 heterocycles. The van der Waals surface area contributed by atoms with Gasteiger partial charge in [0.15, 0.2) is 5.78 Å². The van der Waals surface area contributed by atoms with Gasteiger partial charge in [-0.3, -0.25) is 4.79 Å². The van der Waals surface area contributed by atoms with E-state index in [1.165, 1.54) is 0 Å². The molecule has 1 aliphatic carbocycles. The third-order valence-electron chi connectivity index (χ3n) is 6.59. The highest BCUT2D eigenvalue weighted by Gasteiger charge is 2.36. The van der Waals surface area contributed by atoms with Gasteiger partial charge in [-0.1, -0.05) is 98.2 Å². The average molecular weight is 482 g/mol. The molecule has 0 fully saturated rings. The summed E-state index contributed by atoms with van der Waals surface area (Å²) in [6.07, 6.45) is 0.884. The summed E-state index contributed by atoms with van der Waals surface area (Å²) in [7, 11) is 0. The Kier molecular flexibility index (Phi) is 6.12. The van der Waals surface area contributed by atoms with Gasteiger partial charge in [-0.25, -0.2) is 0 Å². The van der Waals surface area contributed by atoms with Crippen LogP contribution in [-0.2, 0) is 11.3 Å². The predicted molar refractivity (Wildman–Crippen MR) is 143 cm³/mol. The zero-order valence-electron chi connectivity index (χ0n) is 20.0. The number of halogens is 1. The van der Waals surface area contributed by atoms with Gasteiger partial charge < -0.3 is 9.67 Å². The minimum absolute atomic E-state index is 0.0146. The number of ketones is 1. The molecular formula is C31H28ClNO2. The Labute approximate surface area is 211 Å². The van der Waals surface area contributed by atoms with Crippen LogP contribution in [0.4, 0.5) is 0 Å². The molecule has 0 saturated heterocycles. The van der Waals surface area contributed by atoms with Crippen LogP contribution < -0.4 is 0 Å². The van der Waals surface area contributed by atoms with E-state index in [0.717, 1.165) is 33.6 Å². The highest BCUT2D eigenvalue weighted by Crippen LogP contribution is 2.44. The Morgan fingerprint density at radius 2 is 1.46 bits per heavy atom. The normalized spacial score (nSPS) is 15.5. The lowest BCUT2D eigenvalue weighted by Gasteiger charge is -2.29. The zero-order valence-corrected chi connectivity index (χ0v) is 20.7. The van der Waals surface area contributed by atoms with Crippen molar-refractivity contribution in [2.24, 2.45) is 5.41 Å². The molecule has 0 atom stereocenters. The van der Waals surface area contributed by atoms with Crippen LogP contribution in [0.2, 0.25) is 5.02 Å². The Bertz CT molecular complexity index is 1400. The number of hydrogen-bond donors (Lipinski definition) is 1. The fourth-order valence-electron chi connectivity index (χ4n) is 5.03. The minimum atomic E-state index is -0.258. The summed E-state index contributed by atoms with van der Waals surface area (Å²) in [5.41, 5.74) is 6.02. The highest BCUT2D eigenvalue weighted by atomic mass is 35.5. The lowest BCUT2D eigenvalue weighted by atomic mass is 9.75. The first-order valence-corrected chi connectivity index (χ1v) is 12.2. The van der Waals surface area contributed by atoms with Crippen molar-refractivity contribution in [2.45, 2.75) is 33.2 Å². The SMILES string of the molecule is CC1(C)CC(=O)C(c2cc(-c3ccccc3)n(Cc3ccc(Cl)cc3)c2-c2ccccc2)=C(O)C1. The van der Waals surface area contributed by atoms with Crippen molar-refractivity contribution in [3.8, 4) is 22.5 Å². The van der Waals surface area contributed by atoms with E-state index in [9.17, 15) is 9.90 Å². The molecule has 3 nitrogen and oxygen atoms in total. The first-order valence-electron chi connectivity index (χ1n) is 11.9. The number of benzene rings is 3. The van der Waals surface area contributed by atoms with Gasteiger partial charge in [0.25, 0.3) is 0 Å². The molecule has 1 aliphatic rings. The summed E-state index contributed by atoms with van der Waals surface area (Å²) in [6.45, 7) is 4.65. The van der Waals surface area contributed by atoms with Crippen LogP contribution in [-0.4, -0.2) is 15.5 Å². The van der Waals surface area contributed by atoms with E-state index in [-0.39, 0.29) is 17.0 Å². The number of Topliss-reactive ketones (excluding diaryl/α,β-unsaturated/α-hetero) is 1. The Balaban J connectivity index is 1.80. The molecule has 0 aliphatic heterocycles. The van der Waals surface area contributed by atoms with E-state index in [0.29, 0.717) is 30.0 Å². The molecule has 4 heteroatoms. The van der Waals surface area contributed by atoms with E-state index in [1.807, 2.05) is 74.5 Å². The molecule has 5 rings (SSSR count). The molecule has 3 aromatic carbocycles. The third kappa shape index (κ3) is 4.69. The van der Waals surface area contributed by atoms with E-state index >= 15 is 0 Å². The molecule has 1 N–H and O–H groups in total. The maximum atomic E-state index is 13.4. The van der Waals surface area contributed by atoms with E-state index in [2.05, 4.69) is 34.9 Å². The van der Waals surface area contributed by atoms with Crippen molar-refractivity contribution in [2.75, 3.05) is 0 Å². The summed E-state index contributed by atoms with van der Waals surface area (Å²) >= 11 is 6.15. The van der Waals surface area contributed by atoms with Gasteiger partial charge in [0.1, 0.15) is 5.76 Å². The van der Waals surface area contributed by atoms with E-state index in [4.69, 9.17) is 11.6 Å². The maximum Gasteiger partial charge on any atom is 0.167 e. The first-order chi connectivity index (χ1) is 16.8. The van der Waals surface area contributed by atoms with Crippen LogP contribution in [0.15, 0.2) is 96.8 Å². The van der Waals surface area contributed by atoms with Crippen LogP contribution in [0.3, 0.4) is 0 Å². The second-order valence-electron chi connectivity index (χ2n) is 10.00. The maximum absolute atomic E-state index is 13.4. The first kappa shape index (κ1) is 23.2. The zero-order chi connectivity index (χ0) is 24.6. The summed E-state index contributed by atoms with van der Waals surface area (Å²) in [5, 5.41) is 11.8. The predicted octanol–water partition coefficient (Wildman–Crippen LogP) is 8.18. The fourth-order valence-corrected chi connectivity index (χ4v) is 5.15. The van der Waals surface area contributed by atoms with Crippen molar-refractivity contribution in [1.82, 2.24) is 4.57 Å². The topological polar surface area (TPSA) is 42.2 Å². The molecule has 0 saturated carbocycles. The quantitative estimate of drug-likeness (QED) is 0.312. The van der Waals surface area contributed by atoms with Crippen LogP contribution in [0.25, 0.3) is 28.1 Å². The highest BCUT2D eigenvalue weighted by molar-refractivity contribution is 6.30. The number of hydrogen-bond acceptors (Lipinski definition) is 2. The van der Waals surface area contributed by atoms with Crippen molar-refractivity contribution >= 4 is 23.0 Å². The molecule has 4 aromatic rings. The van der Waals surface area contributed by atoms with Crippen LogP contribution >= 0.6 is 11.6 Å². The smallest absolute Gasteiger partial charge is 0.167 e. The van der Waals surface area contributed by atoms with Crippen molar-refractivity contribution in [3.63, 3.8) is 0 Å². The molecular weight excluding hydrogens is 454 g/mol. The number of aliphatic hydroxyl groups is 1. The van der Waals surface area contributed by atoms with Gasteiger partial charge in [0.2, 0.25) is 0 Å².